The van der Waals surface area contributed by atoms with Gasteiger partial charge in [-0.2, -0.15) is 0 Å². The van der Waals surface area contributed by atoms with E-state index in [1.807, 2.05) is 13.2 Å². The first-order chi connectivity index (χ1) is 9.10. The molecule has 0 saturated heterocycles. The summed E-state index contributed by atoms with van der Waals surface area (Å²) in [6, 6.07) is 11.0. The summed E-state index contributed by atoms with van der Waals surface area (Å²) in [7, 11) is 1.99. The monoisotopic (exact) mass is 318 g/mol. The number of nitrogens with zero attached hydrogens (tertiary/aromatic N) is 1. The highest BCUT2D eigenvalue weighted by molar-refractivity contribution is 9.10. The van der Waals surface area contributed by atoms with Gasteiger partial charge in [0.2, 0.25) is 0 Å². The van der Waals surface area contributed by atoms with Gasteiger partial charge in [0.25, 0.3) is 0 Å². The molecule has 0 aliphatic heterocycles. The van der Waals surface area contributed by atoms with E-state index in [0.29, 0.717) is 0 Å². The minimum Gasteiger partial charge on any atom is -0.313 e. The summed E-state index contributed by atoms with van der Waals surface area (Å²) in [6.07, 6.45) is 2.81. The number of pyridine rings is 1. The summed E-state index contributed by atoms with van der Waals surface area (Å²) in [4.78, 5) is 4.48. The zero-order valence-corrected chi connectivity index (χ0v) is 13.2. The normalized spacial score (nSPS) is 12.4. The van der Waals surface area contributed by atoms with Gasteiger partial charge in [0.15, 0.2) is 0 Å². The highest BCUT2D eigenvalue weighted by atomic mass is 79.9. The van der Waals surface area contributed by atoms with Crippen molar-refractivity contribution >= 4 is 15.9 Å². The Kier molecular flexibility index (Phi) is 4.72. The molecule has 0 amide bonds. The van der Waals surface area contributed by atoms with Gasteiger partial charge in [-0.25, -0.2) is 0 Å². The van der Waals surface area contributed by atoms with Crippen molar-refractivity contribution in [2.75, 3.05) is 7.05 Å². The smallest absolute Gasteiger partial charge is 0.0422 e. The van der Waals surface area contributed by atoms with E-state index in [-0.39, 0.29) is 6.04 Å². The summed E-state index contributed by atoms with van der Waals surface area (Å²) in [5.74, 6) is 0. The zero-order chi connectivity index (χ0) is 13.8. The van der Waals surface area contributed by atoms with Crippen LogP contribution < -0.4 is 5.32 Å². The van der Waals surface area contributed by atoms with E-state index in [1.165, 1.54) is 16.7 Å². The number of hydrogen-bond donors (Lipinski definition) is 1. The highest BCUT2D eigenvalue weighted by Crippen LogP contribution is 2.26. The summed E-state index contributed by atoms with van der Waals surface area (Å²) in [5, 5.41) is 3.37. The van der Waals surface area contributed by atoms with E-state index in [2.05, 4.69) is 70.4 Å². The fourth-order valence-electron chi connectivity index (χ4n) is 2.11. The molecule has 0 fully saturated rings. The third-order valence-corrected chi connectivity index (χ3v) is 3.95. The van der Waals surface area contributed by atoms with Crippen LogP contribution >= 0.6 is 15.9 Å². The predicted octanol–water partition coefficient (Wildman–Crippen LogP) is 3.96. The molecule has 1 atom stereocenters. The molecule has 1 aromatic carbocycles. The molecule has 0 aliphatic carbocycles. The van der Waals surface area contributed by atoms with Crippen molar-refractivity contribution in [1.29, 1.82) is 0 Å². The SMILES string of the molecule is CNC(Cc1ccc(C)cn1)c1ccc(C)cc1Br. The fourth-order valence-corrected chi connectivity index (χ4v) is 2.88. The quantitative estimate of drug-likeness (QED) is 0.922. The molecule has 1 N–H and O–H groups in total. The zero-order valence-electron chi connectivity index (χ0n) is 11.6. The van der Waals surface area contributed by atoms with E-state index < -0.39 is 0 Å². The first-order valence-corrected chi connectivity index (χ1v) is 7.24. The van der Waals surface area contributed by atoms with Gasteiger partial charge in [-0.05, 0) is 49.7 Å². The van der Waals surface area contributed by atoms with Crippen LogP contribution in [0.4, 0.5) is 0 Å². The molecule has 2 aromatic rings. The molecule has 0 saturated carbocycles. The van der Waals surface area contributed by atoms with Gasteiger partial charge < -0.3 is 5.32 Å². The van der Waals surface area contributed by atoms with Gasteiger partial charge in [-0.15, -0.1) is 0 Å². The topological polar surface area (TPSA) is 24.9 Å². The average molecular weight is 319 g/mol. The van der Waals surface area contributed by atoms with E-state index in [1.54, 1.807) is 0 Å². The Hall–Kier alpha value is -1.19. The van der Waals surface area contributed by atoms with Gasteiger partial charge in [-0.3, -0.25) is 4.98 Å². The number of aromatic nitrogens is 1. The molecule has 0 bridgehead atoms. The molecular weight excluding hydrogens is 300 g/mol. The first-order valence-electron chi connectivity index (χ1n) is 6.45. The van der Waals surface area contributed by atoms with Crippen molar-refractivity contribution in [2.24, 2.45) is 0 Å². The van der Waals surface area contributed by atoms with Crippen molar-refractivity contribution in [1.82, 2.24) is 10.3 Å². The average Bonchev–Trinajstić information content (AvgIpc) is 2.39. The van der Waals surface area contributed by atoms with Crippen molar-refractivity contribution in [2.45, 2.75) is 26.3 Å². The van der Waals surface area contributed by atoms with Gasteiger partial charge in [0, 0.05) is 28.8 Å². The number of benzene rings is 1. The lowest BCUT2D eigenvalue weighted by Crippen LogP contribution is -2.19. The van der Waals surface area contributed by atoms with Crippen molar-refractivity contribution in [3.8, 4) is 0 Å². The molecule has 0 aliphatic rings. The first kappa shape index (κ1) is 14.2. The second kappa shape index (κ2) is 6.31. The molecule has 19 heavy (non-hydrogen) atoms. The number of hydrogen-bond acceptors (Lipinski definition) is 2. The van der Waals surface area contributed by atoms with Crippen molar-refractivity contribution in [3.05, 3.63) is 63.4 Å². The molecule has 0 radical (unpaired) electrons. The number of halogens is 1. The summed E-state index contributed by atoms with van der Waals surface area (Å²) in [6.45, 7) is 4.16. The molecule has 2 rings (SSSR count). The van der Waals surface area contributed by atoms with Crippen LogP contribution in [0.2, 0.25) is 0 Å². The summed E-state index contributed by atoms with van der Waals surface area (Å²) >= 11 is 3.65. The largest absolute Gasteiger partial charge is 0.313 e. The van der Waals surface area contributed by atoms with Crippen molar-refractivity contribution in [3.63, 3.8) is 0 Å². The molecule has 1 aromatic heterocycles. The van der Waals surface area contributed by atoms with Gasteiger partial charge >= 0.3 is 0 Å². The number of aryl methyl sites for hydroxylation is 2. The maximum atomic E-state index is 4.48. The Morgan fingerprint density at radius 2 is 1.89 bits per heavy atom. The Morgan fingerprint density at radius 1 is 1.16 bits per heavy atom. The van der Waals surface area contributed by atoms with Gasteiger partial charge in [-0.1, -0.05) is 34.1 Å². The second-order valence-electron chi connectivity index (χ2n) is 4.90. The number of likely N-dealkylation sites (N-methyl/N-ethyl adjacent to an activating group) is 1. The lowest BCUT2D eigenvalue weighted by Gasteiger charge is -2.18. The van der Waals surface area contributed by atoms with Crippen LogP contribution in [-0.2, 0) is 6.42 Å². The van der Waals surface area contributed by atoms with Crippen LogP contribution in [-0.4, -0.2) is 12.0 Å². The van der Waals surface area contributed by atoms with Gasteiger partial charge in [0.05, 0.1) is 0 Å². The lowest BCUT2D eigenvalue weighted by molar-refractivity contribution is 0.582. The molecule has 100 valence electrons. The third-order valence-electron chi connectivity index (χ3n) is 3.27. The van der Waals surface area contributed by atoms with E-state index in [4.69, 9.17) is 0 Å². The summed E-state index contributed by atoms with van der Waals surface area (Å²) in [5.41, 5.74) is 4.84. The third kappa shape index (κ3) is 3.64. The minimum absolute atomic E-state index is 0.269. The predicted molar refractivity (Wildman–Crippen MR) is 83.4 cm³/mol. The molecule has 1 unspecified atom stereocenters. The molecule has 3 heteroatoms. The van der Waals surface area contributed by atoms with Crippen molar-refractivity contribution < 1.29 is 0 Å². The van der Waals surface area contributed by atoms with Crippen LogP contribution in [0.3, 0.4) is 0 Å². The maximum Gasteiger partial charge on any atom is 0.0422 e. The highest BCUT2D eigenvalue weighted by Gasteiger charge is 2.13. The van der Waals surface area contributed by atoms with E-state index in [0.717, 1.165) is 16.6 Å². The van der Waals surface area contributed by atoms with Crippen LogP contribution in [0.1, 0.15) is 28.4 Å². The molecular formula is C16H19BrN2. The standard InChI is InChI=1S/C16H19BrN2/c1-11-5-7-14(15(17)8-11)16(18-3)9-13-6-4-12(2)10-19-13/h4-8,10,16,18H,9H2,1-3H3. The van der Waals surface area contributed by atoms with E-state index in [9.17, 15) is 0 Å². The molecule has 1 heterocycles. The number of rotatable bonds is 4. The Balaban J connectivity index is 2.22. The second-order valence-corrected chi connectivity index (χ2v) is 5.75. The van der Waals surface area contributed by atoms with Gasteiger partial charge in [0.1, 0.15) is 0 Å². The van der Waals surface area contributed by atoms with Crippen LogP contribution in [0.15, 0.2) is 41.0 Å². The summed E-state index contributed by atoms with van der Waals surface area (Å²) < 4.78 is 1.15. The Morgan fingerprint density at radius 3 is 2.47 bits per heavy atom. The molecule has 2 nitrogen and oxygen atoms in total. The fraction of sp³-hybridized carbons (Fsp3) is 0.312. The van der Waals surface area contributed by atoms with Crippen LogP contribution in [0, 0.1) is 13.8 Å². The minimum atomic E-state index is 0.269. The molecule has 0 spiro atoms. The van der Waals surface area contributed by atoms with E-state index >= 15 is 0 Å². The maximum absolute atomic E-state index is 4.48. The number of nitrogens with one attached hydrogen (secondary N) is 1. The van der Waals surface area contributed by atoms with Crippen LogP contribution in [0.25, 0.3) is 0 Å². The Bertz CT molecular complexity index is 549. The Labute approximate surface area is 123 Å². The lowest BCUT2D eigenvalue weighted by atomic mass is 10.0. The van der Waals surface area contributed by atoms with Crippen LogP contribution in [0.5, 0.6) is 0 Å².